The number of nitrogens with one attached hydrogen (secondary N) is 1. The fourth-order valence-electron chi connectivity index (χ4n) is 2.19. The Bertz CT molecular complexity index is 592. The predicted molar refractivity (Wildman–Crippen MR) is 71.5 cm³/mol. The molecule has 3 rings (SSSR count). The summed E-state index contributed by atoms with van der Waals surface area (Å²) < 4.78 is 0. The Hall–Kier alpha value is -1.97. The lowest BCUT2D eigenvalue weighted by molar-refractivity contribution is 0.829. The van der Waals surface area contributed by atoms with E-state index in [0.717, 1.165) is 29.9 Å². The van der Waals surface area contributed by atoms with Crippen molar-refractivity contribution < 1.29 is 0 Å². The van der Waals surface area contributed by atoms with Crippen LogP contribution in [0.1, 0.15) is 23.4 Å². The van der Waals surface area contributed by atoms with Gasteiger partial charge in [-0.1, -0.05) is 0 Å². The Morgan fingerprint density at radius 1 is 1.11 bits per heavy atom. The van der Waals surface area contributed by atoms with Crippen molar-refractivity contribution in [3.05, 3.63) is 35.2 Å². The molecule has 0 spiro atoms. The molecule has 1 N–H and O–H groups in total. The second-order valence-electron chi connectivity index (χ2n) is 4.71. The first-order valence-electron chi connectivity index (χ1n) is 6.29. The number of rotatable bonds is 1. The van der Waals surface area contributed by atoms with Crippen molar-refractivity contribution in [2.75, 3.05) is 11.9 Å². The van der Waals surface area contributed by atoms with E-state index in [-0.39, 0.29) is 0 Å². The van der Waals surface area contributed by atoms with Gasteiger partial charge in [-0.2, -0.15) is 5.10 Å². The van der Waals surface area contributed by atoms with E-state index in [2.05, 4.69) is 38.7 Å². The van der Waals surface area contributed by atoms with E-state index in [9.17, 15) is 0 Å². The molecule has 1 aliphatic rings. The number of hydrogen-bond acceptors (Lipinski definition) is 4. The summed E-state index contributed by atoms with van der Waals surface area (Å²) >= 11 is 0. The zero-order chi connectivity index (χ0) is 12.5. The molecule has 92 valence electrons. The summed E-state index contributed by atoms with van der Waals surface area (Å²) in [6.07, 6.45) is 2.30. The number of hydrogen-bond donors (Lipinski definition) is 1. The molecule has 0 amide bonds. The zero-order valence-corrected chi connectivity index (χ0v) is 10.7. The zero-order valence-electron chi connectivity index (χ0n) is 10.7. The number of aryl methyl sites for hydroxylation is 3. The molecule has 0 fully saturated rings. The van der Waals surface area contributed by atoms with Crippen LogP contribution in [0.5, 0.6) is 0 Å². The molecule has 0 unspecified atom stereocenters. The van der Waals surface area contributed by atoms with E-state index >= 15 is 0 Å². The second kappa shape index (κ2) is 4.37. The van der Waals surface area contributed by atoms with Gasteiger partial charge in [0.05, 0.1) is 11.4 Å². The minimum atomic E-state index is 0.714. The Labute approximate surface area is 106 Å². The molecule has 0 atom stereocenters. The molecule has 1 aromatic heterocycles. The molecule has 0 aliphatic carbocycles. The predicted octanol–water partition coefficient (Wildman–Crippen LogP) is 2.51. The first-order chi connectivity index (χ1) is 8.74. The topological polar surface area (TPSA) is 50.7 Å². The summed E-state index contributed by atoms with van der Waals surface area (Å²) in [7, 11) is 0. The van der Waals surface area contributed by atoms with Gasteiger partial charge in [0, 0.05) is 17.8 Å². The van der Waals surface area contributed by atoms with Crippen molar-refractivity contribution in [2.24, 2.45) is 0 Å². The average molecular weight is 240 g/mol. The molecule has 2 aromatic rings. The van der Waals surface area contributed by atoms with Crippen LogP contribution in [0.4, 0.5) is 5.69 Å². The molecule has 1 aromatic carbocycles. The summed E-state index contributed by atoms with van der Waals surface area (Å²) in [4.78, 5) is 4.50. The lowest BCUT2D eigenvalue weighted by atomic mass is 10.0. The van der Waals surface area contributed by atoms with Crippen LogP contribution in [0.3, 0.4) is 0 Å². The third-order valence-corrected chi connectivity index (χ3v) is 3.39. The maximum atomic E-state index is 4.50. The van der Waals surface area contributed by atoms with Gasteiger partial charge in [-0.15, -0.1) is 5.10 Å². The molecular weight excluding hydrogens is 224 g/mol. The fraction of sp³-hybridized carbons (Fsp3) is 0.357. The van der Waals surface area contributed by atoms with Crippen molar-refractivity contribution in [3.8, 4) is 11.4 Å². The fourth-order valence-corrected chi connectivity index (χ4v) is 2.19. The molecule has 18 heavy (non-hydrogen) atoms. The Kier molecular flexibility index (Phi) is 2.70. The van der Waals surface area contributed by atoms with Crippen LogP contribution < -0.4 is 5.32 Å². The first-order valence-corrected chi connectivity index (χ1v) is 6.29. The molecule has 4 nitrogen and oxygen atoms in total. The maximum Gasteiger partial charge on any atom is 0.182 e. The quantitative estimate of drug-likeness (QED) is 0.832. The minimum Gasteiger partial charge on any atom is -0.385 e. The van der Waals surface area contributed by atoms with Crippen molar-refractivity contribution in [2.45, 2.75) is 26.7 Å². The Morgan fingerprint density at radius 2 is 2.00 bits per heavy atom. The van der Waals surface area contributed by atoms with Crippen molar-refractivity contribution in [3.63, 3.8) is 0 Å². The van der Waals surface area contributed by atoms with E-state index < -0.39 is 0 Å². The highest BCUT2D eigenvalue weighted by Gasteiger charge is 2.11. The van der Waals surface area contributed by atoms with Gasteiger partial charge in [-0.25, -0.2) is 4.98 Å². The maximum absolute atomic E-state index is 4.50. The minimum absolute atomic E-state index is 0.714. The van der Waals surface area contributed by atoms with E-state index in [1.807, 2.05) is 13.8 Å². The largest absolute Gasteiger partial charge is 0.385 e. The lowest BCUT2D eigenvalue weighted by Crippen LogP contribution is -2.11. The van der Waals surface area contributed by atoms with Crippen LogP contribution in [0.15, 0.2) is 18.2 Å². The number of benzene rings is 1. The second-order valence-corrected chi connectivity index (χ2v) is 4.71. The van der Waals surface area contributed by atoms with Gasteiger partial charge in [0.2, 0.25) is 0 Å². The highest BCUT2D eigenvalue weighted by atomic mass is 15.2. The van der Waals surface area contributed by atoms with Crippen molar-refractivity contribution in [1.82, 2.24) is 15.2 Å². The van der Waals surface area contributed by atoms with Crippen LogP contribution in [0, 0.1) is 13.8 Å². The third-order valence-electron chi connectivity index (χ3n) is 3.39. The van der Waals surface area contributed by atoms with Crippen LogP contribution >= 0.6 is 0 Å². The van der Waals surface area contributed by atoms with Crippen molar-refractivity contribution in [1.29, 1.82) is 0 Å². The van der Waals surface area contributed by atoms with Gasteiger partial charge in [0.25, 0.3) is 0 Å². The van der Waals surface area contributed by atoms with Gasteiger partial charge < -0.3 is 5.32 Å². The molecule has 0 bridgehead atoms. The SMILES string of the molecule is Cc1nnc(-c2ccc3c(c2)CCCN3)nc1C. The van der Waals surface area contributed by atoms with Gasteiger partial charge >= 0.3 is 0 Å². The summed E-state index contributed by atoms with van der Waals surface area (Å²) in [5, 5.41) is 11.7. The standard InChI is InChI=1S/C14H16N4/c1-9-10(2)17-18-14(16-9)12-5-6-13-11(8-12)4-3-7-15-13/h5-6,8,15H,3-4,7H2,1-2H3. The lowest BCUT2D eigenvalue weighted by Gasteiger charge is -2.18. The Morgan fingerprint density at radius 3 is 2.83 bits per heavy atom. The molecule has 2 heterocycles. The number of aromatic nitrogens is 3. The highest BCUT2D eigenvalue weighted by Crippen LogP contribution is 2.26. The average Bonchev–Trinajstić information content (AvgIpc) is 2.41. The normalized spacial score (nSPS) is 13.9. The first kappa shape index (κ1) is 11.1. The summed E-state index contributed by atoms with van der Waals surface area (Å²) in [5.74, 6) is 0.714. The third kappa shape index (κ3) is 1.94. The van der Waals surface area contributed by atoms with Crippen molar-refractivity contribution >= 4 is 5.69 Å². The van der Waals surface area contributed by atoms with Crippen LogP contribution in [-0.2, 0) is 6.42 Å². The number of fused-ring (bicyclic) bond motifs is 1. The molecular formula is C14H16N4. The van der Waals surface area contributed by atoms with E-state index in [4.69, 9.17) is 0 Å². The van der Waals surface area contributed by atoms with Gasteiger partial charge in [-0.05, 0) is 50.5 Å². The van der Waals surface area contributed by atoms with Gasteiger partial charge in [-0.3, -0.25) is 0 Å². The summed E-state index contributed by atoms with van der Waals surface area (Å²) in [6, 6.07) is 6.35. The van der Waals surface area contributed by atoms with Crippen LogP contribution in [-0.4, -0.2) is 21.7 Å². The number of nitrogens with zero attached hydrogens (tertiary/aromatic N) is 3. The number of anilines is 1. The summed E-state index contributed by atoms with van der Waals surface area (Å²) in [5.41, 5.74) is 5.46. The molecule has 0 saturated heterocycles. The Balaban J connectivity index is 2.03. The van der Waals surface area contributed by atoms with Crippen LogP contribution in [0.25, 0.3) is 11.4 Å². The molecule has 0 saturated carbocycles. The highest BCUT2D eigenvalue weighted by molar-refractivity contribution is 5.64. The van der Waals surface area contributed by atoms with E-state index in [1.54, 1.807) is 0 Å². The molecule has 4 heteroatoms. The van der Waals surface area contributed by atoms with Gasteiger partial charge in [0.1, 0.15) is 0 Å². The van der Waals surface area contributed by atoms with E-state index in [1.165, 1.54) is 17.7 Å². The summed E-state index contributed by atoms with van der Waals surface area (Å²) in [6.45, 7) is 4.96. The smallest absolute Gasteiger partial charge is 0.182 e. The molecule has 1 aliphatic heterocycles. The van der Waals surface area contributed by atoms with E-state index in [0.29, 0.717) is 5.82 Å². The van der Waals surface area contributed by atoms with Crippen LogP contribution in [0.2, 0.25) is 0 Å². The van der Waals surface area contributed by atoms with Gasteiger partial charge in [0.15, 0.2) is 5.82 Å². The monoisotopic (exact) mass is 240 g/mol. The molecule has 0 radical (unpaired) electrons.